The van der Waals surface area contributed by atoms with E-state index in [0.717, 1.165) is 0 Å². The molecular formula is C25H22FNO5. The molecule has 1 aliphatic rings. The number of amides is 1. The highest BCUT2D eigenvalue weighted by atomic mass is 19.1. The van der Waals surface area contributed by atoms with Crippen molar-refractivity contribution in [2.45, 2.75) is 19.9 Å². The number of aliphatic hydroxyl groups excluding tert-OH is 1. The second-order valence-corrected chi connectivity index (χ2v) is 7.89. The van der Waals surface area contributed by atoms with Gasteiger partial charge in [-0.1, -0.05) is 26.0 Å². The summed E-state index contributed by atoms with van der Waals surface area (Å²) in [4.78, 5) is 27.2. The van der Waals surface area contributed by atoms with Crippen LogP contribution in [0.25, 0.3) is 5.76 Å². The smallest absolute Gasteiger partial charge is 0.300 e. The number of Topliss-reactive ketones (excluding diaryl/α,β-unsaturated/α-hetero) is 1. The van der Waals surface area contributed by atoms with Crippen LogP contribution in [0.3, 0.4) is 0 Å². The quantitative estimate of drug-likeness (QED) is 0.332. The molecular weight excluding hydrogens is 413 g/mol. The summed E-state index contributed by atoms with van der Waals surface area (Å²) >= 11 is 0. The van der Waals surface area contributed by atoms with E-state index in [1.807, 2.05) is 13.8 Å². The average Bonchev–Trinajstić information content (AvgIpc) is 3.40. The number of rotatable bonds is 6. The molecule has 2 heterocycles. The molecule has 0 bridgehead atoms. The highest BCUT2D eigenvalue weighted by molar-refractivity contribution is 6.51. The Morgan fingerprint density at radius 2 is 1.88 bits per heavy atom. The number of anilines is 1. The van der Waals surface area contributed by atoms with Crippen molar-refractivity contribution in [2.75, 3.05) is 11.5 Å². The van der Waals surface area contributed by atoms with Crippen molar-refractivity contribution in [3.63, 3.8) is 0 Å². The predicted molar refractivity (Wildman–Crippen MR) is 117 cm³/mol. The van der Waals surface area contributed by atoms with Crippen molar-refractivity contribution < 1.29 is 28.2 Å². The summed E-state index contributed by atoms with van der Waals surface area (Å²) in [6, 6.07) is 14.1. The summed E-state index contributed by atoms with van der Waals surface area (Å²) in [6.07, 6.45) is 1.42. The minimum atomic E-state index is -1.00. The number of aliphatic hydroxyl groups is 1. The van der Waals surface area contributed by atoms with Gasteiger partial charge in [0.05, 0.1) is 18.4 Å². The zero-order valence-corrected chi connectivity index (χ0v) is 17.6. The molecule has 2 aromatic carbocycles. The van der Waals surface area contributed by atoms with Gasteiger partial charge in [0.25, 0.3) is 11.7 Å². The predicted octanol–water partition coefficient (Wildman–Crippen LogP) is 5.08. The normalized spacial score (nSPS) is 17.9. The van der Waals surface area contributed by atoms with E-state index < -0.39 is 23.5 Å². The van der Waals surface area contributed by atoms with E-state index in [4.69, 9.17) is 9.15 Å². The fourth-order valence-electron chi connectivity index (χ4n) is 3.57. The molecule has 1 unspecified atom stereocenters. The van der Waals surface area contributed by atoms with Crippen molar-refractivity contribution in [3.05, 3.63) is 89.6 Å². The van der Waals surface area contributed by atoms with Crippen LogP contribution in [0.5, 0.6) is 5.75 Å². The molecule has 7 heteroatoms. The highest BCUT2D eigenvalue weighted by Gasteiger charge is 2.48. The number of ketones is 1. The third-order valence-corrected chi connectivity index (χ3v) is 5.05. The largest absolute Gasteiger partial charge is 0.507 e. The number of benzene rings is 2. The summed E-state index contributed by atoms with van der Waals surface area (Å²) in [5.74, 6) is -1.38. The van der Waals surface area contributed by atoms with Crippen LogP contribution in [0, 0.1) is 11.7 Å². The Morgan fingerprint density at radius 3 is 2.53 bits per heavy atom. The van der Waals surface area contributed by atoms with Crippen LogP contribution < -0.4 is 9.64 Å². The number of ether oxygens (including phenoxy) is 1. The van der Waals surface area contributed by atoms with Crippen LogP contribution in [-0.2, 0) is 9.59 Å². The number of hydrogen-bond acceptors (Lipinski definition) is 5. The van der Waals surface area contributed by atoms with Crippen molar-refractivity contribution in [1.82, 2.24) is 0 Å². The Bertz CT molecular complexity index is 1170. The molecule has 6 nitrogen and oxygen atoms in total. The third kappa shape index (κ3) is 4.01. The molecule has 1 aliphatic heterocycles. The van der Waals surface area contributed by atoms with Crippen molar-refractivity contribution in [1.29, 1.82) is 0 Å². The highest BCUT2D eigenvalue weighted by Crippen LogP contribution is 2.42. The summed E-state index contributed by atoms with van der Waals surface area (Å²) in [5.41, 5.74) is 0.526. The molecule has 1 N–H and O–H groups in total. The van der Waals surface area contributed by atoms with Crippen LogP contribution in [-0.4, -0.2) is 23.4 Å². The van der Waals surface area contributed by atoms with Gasteiger partial charge in [-0.3, -0.25) is 14.5 Å². The first-order valence-electron chi connectivity index (χ1n) is 10.2. The second kappa shape index (κ2) is 8.70. The number of hydrogen-bond donors (Lipinski definition) is 1. The van der Waals surface area contributed by atoms with E-state index in [0.29, 0.717) is 35.3 Å². The van der Waals surface area contributed by atoms with Gasteiger partial charge in [-0.25, -0.2) is 4.39 Å². The van der Waals surface area contributed by atoms with Crippen molar-refractivity contribution in [2.24, 2.45) is 5.92 Å². The molecule has 4 rings (SSSR count). The molecule has 1 fully saturated rings. The lowest BCUT2D eigenvalue weighted by Gasteiger charge is -2.23. The molecule has 1 aromatic heterocycles. The Hall–Kier alpha value is -3.87. The number of carbonyl (C=O) groups excluding carboxylic acids is 2. The van der Waals surface area contributed by atoms with E-state index in [2.05, 4.69) is 0 Å². The van der Waals surface area contributed by atoms with Gasteiger partial charge in [0.1, 0.15) is 29.1 Å². The van der Waals surface area contributed by atoms with E-state index in [1.165, 1.54) is 35.4 Å². The fraction of sp³-hybridized carbons (Fsp3) is 0.200. The standard InChI is InChI=1S/C25H22FNO5/c1-15(2)14-32-19-6-3-5-16(13-19)23(28)21-22(20-7-4-12-31-20)27(25(30)24(21)29)18-10-8-17(26)9-11-18/h3-13,15,22,28H,14H2,1-2H3/b23-21-. The van der Waals surface area contributed by atoms with E-state index in [1.54, 1.807) is 36.4 Å². The van der Waals surface area contributed by atoms with Gasteiger partial charge in [-0.15, -0.1) is 0 Å². The first-order chi connectivity index (χ1) is 15.4. The number of carbonyl (C=O) groups is 2. The zero-order valence-electron chi connectivity index (χ0n) is 17.6. The maximum atomic E-state index is 13.4. The average molecular weight is 435 g/mol. The van der Waals surface area contributed by atoms with Crippen LogP contribution in [0.2, 0.25) is 0 Å². The Labute approximate surface area is 184 Å². The van der Waals surface area contributed by atoms with Crippen LogP contribution in [0.15, 0.2) is 76.9 Å². The molecule has 32 heavy (non-hydrogen) atoms. The molecule has 1 amide bonds. The van der Waals surface area contributed by atoms with Gasteiger partial charge in [-0.2, -0.15) is 0 Å². The van der Waals surface area contributed by atoms with E-state index in [-0.39, 0.29) is 11.3 Å². The molecule has 1 atom stereocenters. The summed E-state index contributed by atoms with van der Waals surface area (Å²) in [6.45, 7) is 4.53. The molecule has 0 saturated carbocycles. The molecule has 0 aliphatic carbocycles. The zero-order chi connectivity index (χ0) is 22.8. The Balaban J connectivity index is 1.82. The van der Waals surface area contributed by atoms with Gasteiger partial charge in [0.2, 0.25) is 0 Å². The molecule has 164 valence electrons. The number of furan rings is 1. The first-order valence-corrected chi connectivity index (χ1v) is 10.2. The maximum Gasteiger partial charge on any atom is 0.300 e. The van der Waals surface area contributed by atoms with Gasteiger partial charge in [0.15, 0.2) is 0 Å². The first kappa shape index (κ1) is 21.4. The lowest BCUT2D eigenvalue weighted by Crippen LogP contribution is -2.29. The second-order valence-electron chi connectivity index (χ2n) is 7.89. The fourth-order valence-corrected chi connectivity index (χ4v) is 3.57. The summed E-state index contributed by atoms with van der Waals surface area (Å²) < 4.78 is 24.7. The van der Waals surface area contributed by atoms with Crippen LogP contribution >= 0.6 is 0 Å². The van der Waals surface area contributed by atoms with Crippen molar-refractivity contribution >= 4 is 23.1 Å². The van der Waals surface area contributed by atoms with Crippen LogP contribution in [0.1, 0.15) is 31.2 Å². The summed E-state index contributed by atoms with van der Waals surface area (Å²) in [7, 11) is 0. The topological polar surface area (TPSA) is 80.0 Å². The SMILES string of the molecule is CC(C)COc1cccc(/C(O)=C2/C(=O)C(=O)N(c3ccc(F)cc3)C2c2ccco2)c1. The monoisotopic (exact) mass is 435 g/mol. The van der Waals surface area contributed by atoms with E-state index in [9.17, 15) is 19.1 Å². The van der Waals surface area contributed by atoms with Crippen LogP contribution in [0.4, 0.5) is 10.1 Å². The minimum absolute atomic E-state index is 0.115. The van der Waals surface area contributed by atoms with Crippen molar-refractivity contribution in [3.8, 4) is 5.75 Å². The molecule has 3 aromatic rings. The van der Waals surface area contributed by atoms with Gasteiger partial charge in [0, 0.05) is 11.3 Å². The van der Waals surface area contributed by atoms with Gasteiger partial charge < -0.3 is 14.3 Å². The lowest BCUT2D eigenvalue weighted by molar-refractivity contribution is -0.132. The minimum Gasteiger partial charge on any atom is -0.507 e. The molecule has 0 spiro atoms. The van der Waals surface area contributed by atoms with E-state index >= 15 is 0 Å². The number of halogens is 1. The molecule has 0 radical (unpaired) electrons. The Kier molecular flexibility index (Phi) is 5.81. The van der Waals surface area contributed by atoms with Gasteiger partial charge in [-0.05, 0) is 54.4 Å². The maximum absolute atomic E-state index is 13.4. The summed E-state index contributed by atoms with van der Waals surface area (Å²) in [5, 5.41) is 11.1. The number of nitrogens with zero attached hydrogens (tertiary/aromatic N) is 1. The lowest BCUT2D eigenvalue weighted by atomic mass is 9.99. The third-order valence-electron chi connectivity index (χ3n) is 5.05. The Morgan fingerprint density at radius 1 is 1.12 bits per heavy atom. The van der Waals surface area contributed by atoms with Gasteiger partial charge >= 0.3 is 0 Å². The molecule has 1 saturated heterocycles.